The van der Waals surface area contributed by atoms with Crippen LogP contribution in [0, 0.1) is 5.41 Å². The minimum atomic E-state index is 0.148. The first kappa shape index (κ1) is 16.3. The molecule has 2 nitrogen and oxygen atoms in total. The van der Waals surface area contributed by atoms with E-state index in [9.17, 15) is 0 Å². The second-order valence-electron chi connectivity index (χ2n) is 7.17. The lowest BCUT2D eigenvalue weighted by molar-refractivity contribution is 0.212. The lowest BCUT2D eigenvalue weighted by atomic mass is 9.75. The van der Waals surface area contributed by atoms with Crippen LogP contribution in [0.1, 0.15) is 63.6 Å². The van der Waals surface area contributed by atoms with Gasteiger partial charge >= 0.3 is 0 Å². The molecule has 114 valence electrons. The molecule has 0 spiro atoms. The molecule has 0 unspecified atom stereocenters. The lowest BCUT2D eigenvalue weighted by Crippen LogP contribution is -2.37. The topological polar surface area (TPSA) is 24.9 Å². The molecule has 1 N–H and O–H groups in total. The third-order valence-corrected chi connectivity index (χ3v) is 5.71. The molecule has 0 amide bonds. The van der Waals surface area contributed by atoms with Crippen molar-refractivity contribution in [3.05, 3.63) is 16.1 Å². The second-order valence-corrected chi connectivity index (χ2v) is 8.38. The van der Waals surface area contributed by atoms with Gasteiger partial charge in [0.25, 0.3) is 0 Å². The van der Waals surface area contributed by atoms with Crippen LogP contribution >= 0.6 is 22.9 Å². The number of halogens is 1. The van der Waals surface area contributed by atoms with Crippen molar-refractivity contribution in [1.82, 2.24) is 10.3 Å². The average Bonchev–Trinajstić information content (AvgIpc) is 2.89. The maximum absolute atomic E-state index is 6.23. The van der Waals surface area contributed by atoms with Crippen molar-refractivity contribution < 1.29 is 0 Å². The Morgan fingerprint density at radius 1 is 1.30 bits per heavy atom. The zero-order chi connectivity index (χ0) is 14.6. The van der Waals surface area contributed by atoms with Gasteiger partial charge in [-0.2, -0.15) is 0 Å². The van der Waals surface area contributed by atoms with Gasteiger partial charge < -0.3 is 5.32 Å². The number of thiazole rings is 1. The summed E-state index contributed by atoms with van der Waals surface area (Å²) in [5.41, 5.74) is 1.67. The van der Waals surface area contributed by atoms with Crippen LogP contribution in [0.3, 0.4) is 0 Å². The molecule has 1 saturated carbocycles. The molecule has 20 heavy (non-hydrogen) atoms. The van der Waals surface area contributed by atoms with E-state index in [1.165, 1.54) is 42.8 Å². The van der Waals surface area contributed by atoms with Gasteiger partial charge in [0, 0.05) is 29.8 Å². The van der Waals surface area contributed by atoms with Gasteiger partial charge in [0.05, 0.1) is 5.69 Å². The largest absolute Gasteiger partial charge is 0.310 e. The van der Waals surface area contributed by atoms with Crippen molar-refractivity contribution in [2.24, 2.45) is 5.41 Å². The number of alkyl halides is 1. The minimum absolute atomic E-state index is 0.148. The first-order valence-corrected chi connectivity index (χ1v) is 9.08. The predicted molar refractivity (Wildman–Crippen MR) is 88.8 cm³/mol. The Balaban J connectivity index is 1.84. The normalized spacial score (nSPS) is 19.2. The van der Waals surface area contributed by atoms with Crippen molar-refractivity contribution in [2.75, 3.05) is 12.4 Å². The number of nitrogens with zero attached hydrogens (tertiary/aromatic N) is 1. The molecule has 1 heterocycles. The van der Waals surface area contributed by atoms with Gasteiger partial charge in [-0.3, -0.25) is 0 Å². The van der Waals surface area contributed by atoms with Gasteiger partial charge in [-0.1, -0.05) is 40.0 Å². The Morgan fingerprint density at radius 3 is 2.55 bits per heavy atom. The van der Waals surface area contributed by atoms with Crippen LogP contribution in [0.4, 0.5) is 0 Å². The predicted octanol–water partition coefficient (Wildman–Crippen LogP) is 4.72. The molecule has 2 rings (SSSR count). The van der Waals surface area contributed by atoms with E-state index in [0.717, 1.165) is 19.0 Å². The summed E-state index contributed by atoms with van der Waals surface area (Å²) >= 11 is 7.99. The van der Waals surface area contributed by atoms with Crippen LogP contribution in [0.5, 0.6) is 0 Å². The highest BCUT2D eigenvalue weighted by atomic mass is 35.5. The first-order valence-electron chi connectivity index (χ1n) is 7.67. The van der Waals surface area contributed by atoms with Crippen LogP contribution in [0.2, 0.25) is 0 Å². The molecule has 1 aliphatic carbocycles. The summed E-state index contributed by atoms with van der Waals surface area (Å²) in [5, 5.41) is 6.97. The van der Waals surface area contributed by atoms with Crippen LogP contribution in [0.15, 0.2) is 5.38 Å². The van der Waals surface area contributed by atoms with E-state index < -0.39 is 0 Å². The van der Waals surface area contributed by atoms with Crippen LogP contribution < -0.4 is 5.32 Å². The van der Waals surface area contributed by atoms with E-state index in [4.69, 9.17) is 16.6 Å². The zero-order valence-electron chi connectivity index (χ0n) is 13.0. The first-order chi connectivity index (χ1) is 9.45. The molecule has 0 saturated heterocycles. The Labute approximate surface area is 132 Å². The Morgan fingerprint density at radius 2 is 2.00 bits per heavy atom. The third kappa shape index (κ3) is 4.19. The molecule has 1 aromatic heterocycles. The Bertz CT molecular complexity index is 416. The smallest absolute Gasteiger partial charge is 0.107 e. The monoisotopic (exact) mass is 314 g/mol. The van der Waals surface area contributed by atoms with Crippen molar-refractivity contribution in [1.29, 1.82) is 0 Å². The summed E-state index contributed by atoms with van der Waals surface area (Å²) in [4.78, 5) is 4.74. The van der Waals surface area contributed by atoms with E-state index >= 15 is 0 Å². The van der Waals surface area contributed by atoms with Gasteiger partial charge in [0.1, 0.15) is 5.01 Å². The van der Waals surface area contributed by atoms with Crippen molar-refractivity contribution in [3.63, 3.8) is 0 Å². The number of rotatable bonds is 5. The van der Waals surface area contributed by atoms with Gasteiger partial charge in [0.15, 0.2) is 0 Å². The Kier molecular flexibility index (Phi) is 5.49. The highest BCUT2D eigenvalue weighted by molar-refractivity contribution is 7.09. The zero-order valence-corrected chi connectivity index (χ0v) is 14.5. The molecule has 4 heteroatoms. The summed E-state index contributed by atoms with van der Waals surface area (Å²) < 4.78 is 0. The number of hydrogen-bond donors (Lipinski definition) is 1. The van der Waals surface area contributed by atoms with Crippen LogP contribution in [-0.2, 0) is 12.0 Å². The van der Waals surface area contributed by atoms with E-state index in [0.29, 0.717) is 5.41 Å². The summed E-state index contributed by atoms with van der Waals surface area (Å²) in [6, 6.07) is 0. The molecule has 1 aliphatic rings. The summed E-state index contributed by atoms with van der Waals surface area (Å²) in [6.45, 7) is 8.54. The molecule has 0 bridgehead atoms. The maximum atomic E-state index is 6.23. The fourth-order valence-electron chi connectivity index (χ4n) is 2.83. The van der Waals surface area contributed by atoms with Gasteiger partial charge in [-0.05, 0) is 18.3 Å². The quantitative estimate of drug-likeness (QED) is 0.795. The lowest BCUT2D eigenvalue weighted by Gasteiger charge is -2.35. The fourth-order valence-corrected chi connectivity index (χ4v) is 4.18. The molecule has 1 fully saturated rings. The van der Waals surface area contributed by atoms with E-state index in [-0.39, 0.29) is 5.41 Å². The second kappa shape index (κ2) is 6.76. The molecular formula is C16H27ClN2S. The number of nitrogens with one attached hydrogen (secondary N) is 1. The van der Waals surface area contributed by atoms with Crippen LogP contribution in [0.25, 0.3) is 0 Å². The fraction of sp³-hybridized carbons (Fsp3) is 0.812. The van der Waals surface area contributed by atoms with Crippen LogP contribution in [-0.4, -0.2) is 17.4 Å². The summed E-state index contributed by atoms with van der Waals surface area (Å²) in [5.74, 6) is 0.783. The van der Waals surface area contributed by atoms with E-state index in [1.807, 2.05) is 0 Å². The summed E-state index contributed by atoms with van der Waals surface area (Å²) in [7, 11) is 0. The van der Waals surface area contributed by atoms with E-state index in [1.54, 1.807) is 11.3 Å². The number of aromatic nitrogens is 1. The summed E-state index contributed by atoms with van der Waals surface area (Å²) in [6.07, 6.45) is 6.59. The Hall–Kier alpha value is -0.120. The van der Waals surface area contributed by atoms with Crippen molar-refractivity contribution in [2.45, 2.75) is 64.8 Å². The maximum Gasteiger partial charge on any atom is 0.107 e. The SMILES string of the molecule is CC(C)(C)c1csc(CNCC2(CCl)CCCCC2)n1. The minimum Gasteiger partial charge on any atom is -0.310 e. The van der Waals surface area contributed by atoms with Gasteiger partial charge in [0.2, 0.25) is 0 Å². The molecular weight excluding hydrogens is 288 g/mol. The highest BCUT2D eigenvalue weighted by Gasteiger charge is 2.30. The standard InChI is InChI=1S/C16H27ClN2S/c1-15(2,3)13-10-20-14(19-13)9-18-12-16(11-17)7-5-4-6-8-16/h10,18H,4-9,11-12H2,1-3H3. The highest BCUT2D eigenvalue weighted by Crippen LogP contribution is 2.36. The molecule has 0 aromatic carbocycles. The third-order valence-electron chi connectivity index (χ3n) is 4.29. The molecule has 0 atom stereocenters. The van der Waals surface area contributed by atoms with Crippen molar-refractivity contribution in [3.8, 4) is 0 Å². The molecule has 1 aromatic rings. The number of hydrogen-bond acceptors (Lipinski definition) is 3. The van der Waals surface area contributed by atoms with Gasteiger partial charge in [-0.25, -0.2) is 4.98 Å². The van der Waals surface area contributed by atoms with Gasteiger partial charge in [-0.15, -0.1) is 22.9 Å². The average molecular weight is 315 g/mol. The molecule has 0 aliphatic heterocycles. The molecule has 0 radical (unpaired) electrons. The van der Waals surface area contributed by atoms with E-state index in [2.05, 4.69) is 31.5 Å². The van der Waals surface area contributed by atoms with Crippen molar-refractivity contribution >= 4 is 22.9 Å².